The number of nitrogen functional groups attached to an aromatic ring is 1. The Hall–Kier alpha value is -2.28. The van der Waals surface area contributed by atoms with Gasteiger partial charge >= 0.3 is 0 Å². The summed E-state index contributed by atoms with van der Waals surface area (Å²) in [5.41, 5.74) is 6.77. The van der Waals surface area contributed by atoms with Gasteiger partial charge in [-0.3, -0.25) is 4.90 Å². The van der Waals surface area contributed by atoms with Crippen LogP contribution in [0.4, 0.5) is 16.3 Å². The Morgan fingerprint density at radius 3 is 2.32 bits per heavy atom. The van der Waals surface area contributed by atoms with Gasteiger partial charge in [-0.05, 0) is 31.7 Å². The van der Waals surface area contributed by atoms with Crippen LogP contribution in [0.2, 0.25) is 0 Å². The van der Waals surface area contributed by atoms with Crippen LogP contribution in [0.15, 0.2) is 24.3 Å². The molecule has 0 fully saturated rings. The number of hydrogen-bond acceptors (Lipinski definition) is 6. The number of hydrogen-bond donors (Lipinski definition) is 1. The lowest BCUT2D eigenvalue weighted by molar-refractivity contribution is 0.243. The zero-order valence-electron chi connectivity index (χ0n) is 13.3. The van der Waals surface area contributed by atoms with Crippen molar-refractivity contribution >= 4 is 11.9 Å². The van der Waals surface area contributed by atoms with Gasteiger partial charge in [-0.25, -0.2) is 4.39 Å². The minimum absolute atomic E-state index is 0.0472. The van der Waals surface area contributed by atoms with E-state index in [0.29, 0.717) is 18.3 Å². The number of aromatic nitrogens is 3. The lowest BCUT2D eigenvalue weighted by Gasteiger charge is -2.24. The largest absolute Gasteiger partial charge is 0.368 e. The van der Waals surface area contributed by atoms with E-state index in [2.05, 4.69) is 19.9 Å². The molecule has 1 heterocycles. The van der Waals surface area contributed by atoms with Gasteiger partial charge in [0.15, 0.2) is 5.82 Å². The summed E-state index contributed by atoms with van der Waals surface area (Å²) in [5.74, 6) is 1.11. The van der Waals surface area contributed by atoms with Crippen molar-refractivity contribution in [3.63, 3.8) is 0 Å². The van der Waals surface area contributed by atoms with Crippen molar-refractivity contribution in [2.45, 2.75) is 19.5 Å². The standard InChI is InChI=1S/C15H21FN6/c1-10(13-18-14(17)20-15(19-13)21(2)3)22(4)9-11-5-7-12(16)8-6-11/h5-8,10H,9H2,1-4H3,(H2,17,18,19,20)/t10-/m1/s1. The molecular formula is C15H21FN6. The molecule has 0 aliphatic rings. The van der Waals surface area contributed by atoms with Crippen LogP contribution in [-0.4, -0.2) is 41.0 Å². The lowest BCUT2D eigenvalue weighted by Crippen LogP contribution is -2.25. The molecule has 0 radical (unpaired) electrons. The first-order valence-electron chi connectivity index (χ1n) is 7.00. The summed E-state index contributed by atoms with van der Waals surface area (Å²) in [6.07, 6.45) is 0. The van der Waals surface area contributed by atoms with Crippen molar-refractivity contribution in [1.82, 2.24) is 19.9 Å². The van der Waals surface area contributed by atoms with Gasteiger partial charge in [0.05, 0.1) is 6.04 Å². The summed E-state index contributed by atoms with van der Waals surface area (Å²) in [6, 6.07) is 6.41. The summed E-state index contributed by atoms with van der Waals surface area (Å²) in [5, 5.41) is 0. The second kappa shape index (κ2) is 6.65. The van der Waals surface area contributed by atoms with Crippen LogP contribution >= 0.6 is 0 Å². The fourth-order valence-electron chi connectivity index (χ4n) is 2.00. The fourth-order valence-corrected chi connectivity index (χ4v) is 2.00. The maximum absolute atomic E-state index is 13.0. The topological polar surface area (TPSA) is 71.2 Å². The normalized spacial score (nSPS) is 12.5. The first-order chi connectivity index (χ1) is 10.4. The minimum atomic E-state index is -0.236. The van der Waals surface area contributed by atoms with Gasteiger partial charge in [0.1, 0.15) is 5.82 Å². The molecule has 6 nitrogen and oxygen atoms in total. The first kappa shape index (κ1) is 16.1. The number of rotatable bonds is 5. The second-order valence-electron chi connectivity index (χ2n) is 5.46. The van der Waals surface area contributed by atoms with Crippen molar-refractivity contribution in [3.05, 3.63) is 41.5 Å². The molecule has 22 heavy (non-hydrogen) atoms. The lowest BCUT2D eigenvalue weighted by atomic mass is 10.2. The van der Waals surface area contributed by atoms with E-state index >= 15 is 0 Å². The molecule has 1 aromatic heterocycles. The average Bonchev–Trinajstić information content (AvgIpc) is 2.48. The third kappa shape index (κ3) is 3.88. The molecule has 2 aromatic rings. The van der Waals surface area contributed by atoms with Gasteiger partial charge in [-0.1, -0.05) is 12.1 Å². The maximum atomic E-state index is 13.0. The Bertz CT molecular complexity index is 628. The van der Waals surface area contributed by atoms with E-state index in [-0.39, 0.29) is 17.8 Å². The van der Waals surface area contributed by atoms with Crippen molar-refractivity contribution in [2.24, 2.45) is 0 Å². The number of benzene rings is 1. The Labute approximate surface area is 129 Å². The van der Waals surface area contributed by atoms with Crippen LogP contribution in [0.25, 0.3) is 0 Å². The highest BCUT2D eigenvalue weighted by Gasteiger charge is 2.17. The number of halogens is 1. The van der Waals surface area contributed by atoms with Crippen LogP contribution in [0.3, 0.4) is 0 Å². The first-order valence-corrected chi connectivity index (χ1v) is 7.00. The van der Waals surface area contributed by atoms with E-state index in [1.807, 2.05) is 28.1 Å². The Balaban J connectivity index is 2.16. The van der Waals surface area contributed by atoms with Crippen molar-refractivity contribution < 1.29 is 4.39 Å². The van der Waals surface area contributed by atoms with Gasteiger partial charge in [0.2, 0.25) is 11.9 Å². The summed E-state index contributed by atoms with van der Waals surface area (Å²) in [7, 11) is 5.67. The molecule has 0 spiro atoms. The molecule has 1 atom stereocenters. The minimum Gasteiger partial charge on any atom is -0.368 e. The van der Waals surface area contributed by atoms with E-state index in [1.165, 1.54) is 12.1 Å². The Morgan fingerprint density at radius 1 is 1.09 bits per heavy atom. The van der Waals surface area contributed by atoms with Gasteiger partial charge in [0, 0.05) is 20.6 Å². The monoisotopic (exact) mass is 304 g/mol. The quantitative estimate of drug-likeness (QED) is 0.909. The highest BCUT2D eigenvalue weighted by Crippen LogP contribution is 2.19. The summed E-state index contributed by atoms with van der Waals surface area (Å²) in [4.78, 5) is 16.6. The second-order valence-corrected chi connectivity index (χ2v) is 5.46. The zero-order valence-corrected chi connectivity index (χ0v) is 13.3. The van der Waals surface area contributed by atoms with Crippen molar-refractivity contribution in [1.29, 1.82) is 0 Å². The number of nitrogens with two attached hydrogens (primary N) is 1. The van der Waals surface area contributed by atoms with Crippen LogP contribution < -0.4 is 10.6 Å². The molecule has 118 valence electrons. The van der Waals surface area contributed by atoms with Gasteiger partial charge in [-0.2, -0.15) is 15.0 Å². The van der Waals surface area contributed by atoms with E-state index in [4.69, 9.17) is 5.73 Å². The smallest absolute Gasteiger partial charge is 0.229 e. The zero-order chi connectivity index (χ0) is 16.3. The van der Waals surface area contributed by atoms with Crippen LogP contribution in [0, 0.1) is 5.82 Å². The summed E-state index contributed by atoms with van der Waals surface area (Å²) < 4.78 is 13.0. The summed E-state index contributed by atoms with van der Waals surface area (Å²) in [6.45, 7) is 2.65. The van der Waals surface area contributed by atoms with Crippen molar-refractivity contribution in [3.8, 4) is 0 Å². The molecule has 0 aliphatic heterocycles. The third-order valence-electron chi connectivity index (χ3n) is 3.44. The molecule has 2 N–H and O–H groups in total. The van der Waals surface area contributed by atoms with E-state index in [0.717, 1.165) is 5.56 Å². The molecular weight excluding hydrogens is 283 g/mol. The molecule has 0 amide bonds. The number of anilines is 2. The van der Waals surface area contributed by atoms with Gasteiger partial charge in [0.25, 0.3) is 0 Å². The molecule has 0 bridgehead atoms. The summed E-state index contributed by atoms with van der Waals surface area (Å²) >= 11 is 0. The maximum Gasteiger partial charge on any atom is 0.229 e. The molecule has 1 aromatic carbocycles. The highest BCUT2D eigenvalue weighted by atomic mass is 19.1. The highest BCUT2D eigenvalue weighted by molar-refractivity contribution is 5.33. The molecule has 0 aliphatic carbocycles. The van der Waals surface area contributed by atoms with Gasteiger partial charge in [-0.15, -0.1) is 0 Å². The SMILES string of the molecule is C[C@H](c1nc(N)nc(N(C)C)n1)N(C)Cc1ccc(F)cc1. The molecule has 0 saturated heterocycles. The van der Waals surface area contributed by atoms with Crippen LogP contribution in [-0.2, 0) is 6.54 Å². The number of nitrogens with zero attached hydrogens (tertiary/aromatic N) is 5. The third-order valence-corrected chi connectivity index (χ3v) is 3.44. The predicted octanol–water partition coefficient (Wildman–Crippen LogP) is 1.85. The van der Waals surface area contributed by atoms with E-state index < -0.39 is 0 Å². The molecule has 2 rings (SSSR count). The van der Waals surface area contributed by atoms with E-state index in [9.17, 15) is 4.39 Å². The molecule has 0 unspecified atom stereocenters. The predicted molar refractivity (Wildman–Crippen MR) is 84.8 cm³/mol. The van der Waals surface area contributed by atoms with Crippen LogP contribution in [0.1, 0.15) is 24.4 Å². The van der Waals surface area contributed by atoms with Gasteiger partial charge < -0.3 is 10.6 Å². The molecule has 0 saturated carbocycles. The Kier molecular flexibility index (Phi) is 4.87. The average molecular weight is 304 g/mol. The van der Waals surface area contributed by atoms with Crippen LogP contribution in [0.5, 0.6) is 0 Å². The van der Waals surface area contributed by atoms with Crippen molar-refractivity contribution in [2.75, 3.05) is 31.8 Å². The molecule has 7 heteroatoms. The fraction of sp³-hybridized carbons (Fsp3) is 0.400. The van der Waals surface area contributed by atoms with E-state index in [1.54, 1.807) is 17.0 Å². The Morgan fingerprint density at radius 2 is 1.73 bits per heavy atom.